The highest BCUT2D eigenvalue weighted by Crippen LogP contribution is 2.33. The smallest absolute Gasteiger partial charge is 0.123 e. The molecule has 14 heavy (non-hydrogen) atoms. The molecule has 1 aromatic rings. The summed E-state index contributed by atoms with van der Waals surface area (Å²) in [4.78, 5) is 5.36. The summed E-state index contributed by atoms with van der Waals surface area (Å²) in [7, 11) is 0. The van der Waals surface area contributed by atoms with Crippen LogP contribution in [0.1, 0.15) is 32.1 Å². The van der Waals surface area contributed by atoms with Gasteiger partial charge in [0, 0.05) is 16.3 Å². The number of aromatic nitrogens is 1. The molecule has 0 aromatic carbocycles. The van der Waals surface area contributed by atoms with Gasteiger partial charge in [0.15, 0.2) is 0 Å². The van der Waals surface area contributed by atoms with Gasteiger partial charge in [0.05, 0.1) is 0 Å². The lowest BCUT2D eigenvalue weighted by Gasteiger charge is -2.20. The normalized spacial score (nSPS) is 18.3. The fourth-order valence-electron chi connectivity index (χ4n) is 1.84. The van der Waals surface area contributed by atoms with Crippen molar-refractivity contribution in [1.82, 2.24) is 4.98 Å². The van der Waals surface area contributed by atoms with Crippen molar-refractivity contribution in [2.24, 2.45) is 0 Å². The number of nitrogens with zero attached hydrogens (tertiary/aromatic N) is 1. The van der Waals surface area contributed by atoms with E-state index < -0.39 is 0 Å². The van der Waals surface area contributed by atoms with Gasteiger partial charge in [0.2, 0.25) is 0 Å². The Morgan fingerprint density at radius 2 is 2.00 bits per heavy atom. The Kier molecular flexibility index (Phi) is 3.30. The Morgan fingerprint density at radius 1 is 1.21 bits per heavy atom. The van der Waals surface area contributed by atoms with Crippen LogP contribution in [-0.4, -0.2) is 10.2 Å². The van der Waals surface area contributed by atoms with Crippen molar-refractivity contribution in [3.8, 4) is 0 Å². The van der Waals surface area contributed by atoms with E-state index in [2.05, 4.69) is 11.1 Å². The molecule has 2 nitrogen and oxygen atoms in total. The molecule has 0 amide bonds. The highest BCUT2D eigenvalue weighted by atomic mass is 32.2. The molecule has 0 saturated heterocycles. The van der Waals surface area contributed by atoms with Gasteiger partial charge in [0.1, 0.15) is 5.82 Å². The third-order valence-electron chi connectivity index (χ3n) is 2.61. The maximum atomic E-state index is 5.54. The zero-order valence-electron chi connectivity index (χ0n) is 8.28. The summed E-state index contributed by atoms with van der Waals surface area (Å²) < 4.78 is 0. The molecule has 1 aliphatic rings. The van der Waals surface area contributed by atoms with Crippen LogP contribution < -0.4 is 5.73 Å². The lowest BCUT2D eigenvalue weighted by Crippen LogP contribution is -2.07. The van der Waals surface area contributed by atoms with Crippen LogP contribution >= 0.6 is 11.8 Å². The van der Waals surface area contributed by atoms with E-state index in [1.54, 1.807) is 0 Å². The number of nitrogens with two attached hydrogens (primary N) is 1. The molecule has 2 N–H and O–H groups in total. The first kappa shape index (κ1) is 9.84. The van der Waals surface area contributed by atoms with Gasteiger partial charge in [-0.25, -0.2) is 4.98 Å². The topological polar surface area (TPSA) is 38.9 Å². The monoisotopic (exact) mass is 208 g/mol. The van der Waals surface area contributed by atoms with Crippen molar-refractivity contribution in [3.05, 3.63) is 18.3 Å². The van der Waals surface area contributed by atoms with Crippen LogP contribution in [0.5, 0.6) is 0 Å². The maximum Gasteiger partial charge on any atom is 0.123 e. The average molecular weight is 208 g/mol. The van der Waals surface area contributed by atoms with E-state index in [1.165, 1.54) is 37.0 Å². The molecule has 0 unspecified atom stereocenters. The molecular formula is C11H16N2S. The Bertz CT molecular complexity index is 278. The van der Waals surface area contributed by atoms with Crippen LogP contribution in [0.4, 0.5) is 5.82 Å². The molecule has 0 bridgehead atoms. The number of nitrogen functional groups attached to an aromatic ring is 1. The van der Waals surface area contributed by atoms with Gasteiger partial charge in [-0.2, -0.15) is 0 Å². The van der Waals surface area contributed by atoms with Crippen LogP contribution in [0.2, 0.25) is 0 Å². The standard InChI is InChI=1S/C11H16N2S/c12-11-7-6-10(8-13-11)14-9-4-2-1-3-5-9/h6-9H,1-5H2,(H2,12,13). The minimum Gasteiger partial charge on any atom is -0.384 e. The summed E-state index contributed by atoms with van der Waals surface area (Å²) in [5.74, 6) is 0.609. The van der Waals surface area contributed by atoms with E-state index in [0.29, 0.717) is 5.82 Å². The summed E-state index contributed by atoms with van der Waals surface area (Å²) in [6, 6.07) is 3.95. The minimum absolute atomic E-state index is 0.609. The van der Waals surface area contributed by atoms with Crippen molar-refractivity contribution >= 4 is 17.6 Å². The summed E-state index contributed by atoms with van der Waals surface area (Å²) >= 11 is 1.96. The van der Waals surface area contributed by atoms with E-state index in [0.717, 1.165) is 5.25 Å². The highest BCUT2D eigenvalue weighted by Gasteiger charge is 2.14. The highest BCUT2D eigenvalue weighted by molar-refractivity contribution is 8.00. The number of hydrogen-bond donors (Lipinski definition) is 1. The second kappa shape index (κ2) is 4.69. The van der Waals surface area contributed by atoms with Gasteiger partial charge >= 0.3 is 0 Å². The lowest BCUT2D eigenvalue weighted by molar-refractivity contribution is 0.516. The van der Waals surface area contributed by atoms with E-state index in [9.17, 15) is 0 Å². The van der Waals surface area contributed by atoms with Gasteiger partial charge < -0.3 is 5.73 Å². The third-order valence-corrected chi connectivity index (χ3v) is 3.93. The van der Waals surface area contributed by atoms with Gasteiger partial charge in [-0.15, -0.1) is 11.8 Å². The molecule has 1 aromatic heterocycles. The van der Waals surface area contributed by atoms with Gasteiger partial charge in [-0.05, 0) is 25.0 Å². The summed E-state index contributed by atoms with van der Waals surface area (Å²) in [6.45, 7) is 0. The summed E-state index contributed by atoms with van der Waals surface area (Å²) in [6.07, 6.45) is 8.79. The molecule has 1 heterocycles. The summed E-state index contributed by atoms with van der Waals surface area (Å²) in [5, 5.41) is 0.800. The van der Waals surface area contributed by atoms with Crippen molar-refractivity contribution in [2.45, 2.75) is 42.2 Å². The molecule has 1 saturated carbocycles. The van der Waals surface area contributed by atoms with Crippen LogP contribution in [0.15, 0.2) is 23.2 Å². The molecule has 1 fully saturated rings. The van der Waals surface area contributed by atoms with Crippen LogP contribution in [0.3, 0.4) is 0 Å². The molecule has 0 aliphatic heterocycles. The first-order valence-electron chi connectivity index (χ1n) is 5.23. The lowest BCUT2D eigenvalue weighted by atomic mass is 10.0. The molecule has 2 rings (SSSR count). The van der Waals surface area contributed by atoms with Gasteiger partial charge in [-0.3, -0.25) is 0 Å². The molecule has 0 spiro atoms. The van der Waals surface area contributed by atoms with Crippen molar-refractivity contribution < 1.29 is 0 Å². The maximum absolute atomic E-state index is 5.54. The third kappa shape index (κ3) is 2.64. The fourth-order valence-corrected chi connectivity index (χ4v) is 3.05. The number of pyridine rings is 1. The van der Waals surface area contributed by atoms with Gasteiger partial charge in [-0.1, -0.05) is 19.3 Å². The van der Waals surface area contributed by atoms with Crippen LogP contribution in [0, 0.1) is 0 Å². The number of hydrogen-bond acceptors (Lipinski definition) is 3. The zero-order chi connectivity index (χ0) is 9.80. The Hall–Kier alpha value is -0.700. The quantitative estimate of drug-likeness (QED) is 0.811. The SMILES string of the molecule is Nc1ccc(SC2CCCCC2)cn1. The molecule has 0 atom stereocenters. The predicted molar refractivity (Wildman–Crippen MR) is 61.4 cm³/mol. The zero-order valence-corrected chi connectivity index (χ0v) is 9.09. The number of thioether (sulfide) groups is 1. The minimum atomic E-state index is 0.609. The number of rotatable bonds is 2. The molecule has 76 valence electrons. The van der Waals surface area contributed by atoms with Crippen LogP contribution in [-0.2, 0) is 0 Å². The Labute approximate surface area is 89.3 Å². The predicted octanol–water partition coefficient (Wildman–Crippen LogP) is 3.09. The van der Waals surface area contributed by atoms with E-state index in [-0.39, 0.29) is 0 Å². The summed E-state index contributed by atoms with van der Waals surface area (Å²) in [5.41, 5.74) is 5.54. The molecule has 0 radical (unpaired) electrons. The number of anilines is 1. The second-order valence-electron chi connectivity index (χ2n) is 3.80. The van der Waals surface area contributed by atoms with Crippen molar-refractivity contribution in [3.63, 3.8) is 0 Å². The van der Waals surface area contributed by atoms with E-state index in [1.807, 2.05) is 24.0 Å². The average Bonchev–Trinajstić information content (AvgIpc) is 2.23. The second-order valence-corrected chi connectivity index (χ2v) is 5.17. The van der Waals surface area contributed by atoms with Crippen molar-refractivity contribution in [1.29, 1.82) is 0 Å². The Morgan fingerprint density at radius 3 is 2.64 bits per heavy atom. The Balaban J connectivity index is 1.92. The molecule has 1 aliphatic carbocycles. The van der Waals surface area contributed by atoms with Crippen molar-refractivity contribution in [2.75, 3.05) is 5.73 Å². The molecular weight excluding hydrogens is 192 g/mol. The van der Waals surface area contributed by atoms with E-state index in [4.69, 9.17) is 5.73 Å². The van der Waals surface area contributed by atoms with E-state index >= 15 is 0 Å². The molecule has 3 heteroatoms. The van der Waals surface area contributed by atoms with Gasteiger partial charge in [0.25, 0.3) is 0 Å². The first-order valence-corrected chi connectivity index (χ1v) is 6.11. The fraction of sp³-hybridized carbons (Fsp3) is 0.545. The first-order chi connectivity index (χ1) is 6.84. The van der Waals surface area contributed by atoms with Crippen LogP contribution in [0.25, 0.3) is 0 Å². The largest absolute Gasteiger partial charge is 0.384 e.